The summed E-state index contributed by atoms with van der Waals surface area (Å²) < 4.78 is 170. The first-order valence-electron chi connectivity index (χ1n) is 25.1. The largest absolute Gasteiger partial charge is 0.309 e. The van der Waals surface area contributed by atoms with Crippen molar-refractivity contribution in [1.82, 2.24) is 13.7 Å². The van der Waals surface area contributed by atoms with E-state index in [9.17, 15) is 11.0 Å². The molecular formula is C48H31N3. The SMILES string of the molecule is [2H]c1c(-c2ccccc2)c([2H])c(-n2c3c([2H])c([2H])c([2H])c([2H])c3c3c([2H])c(-n4c5c([2H])c([2H])c([2H])c([2H])c5c5c([2H])c([2H])c([2H])c([2H])c54)c([2H])c([2H])c32)c([2H])c1-n1c2ccccc2c2ccccc21. The van der Waals surface area contributed by atoms with Gasteiger partial charge in [-0.2, -0.15) is 0 Å². The number of nitrogens with zero attached hydrogens (tertiary/aromatic N) is 3. The van der Waals surface area contributed by atoms with Crippen LogP contribution in [0.1, 0.15) is 24.7 Å². The van der Waals surface area contributed by atoms with Crippen LogP contribution in [0.3, 0.4) is 0 Å². The number of rotatable bonds is 4. The predicted octanol–water partition coefficient (Wildman–Crippen LogP) is 12.6. The minimum absolute atomic E-state index is 0.0168. The molecule has 0 atom stereocenters. The van der Waals surface area contributed by atoms with Crippen molar-refractivity contribution < 1.29 is 24.7 Å². The predicted molar refractivity (Wildman–Crippen MR) is 215 cm³/mol. The molecule has 8 aromatic carbocycles. The Morgan fingerprint density at radius 3 is 1.33 bits per heavy atom. The van der Waals surface area contributed by atoms with Crippen LogP contribution in [-0.2, 0) is 0 Å². The Hall–Kier alpha value is -6.84. The Bertz CT molecular complexity index is 4040. The van der Waals surface area contributed by atoms with Crippen molar-refractivity contribution in [2.75, 3.05) is 0 Å². The third-order valence-corrected chi connectivity index (χ3v) is 9.21. The molecule has 0 aliphatic carbocycles. The van der Waals surface area contributed by atoms with Crippen molar-refractivity contribution in [2.24, 2.45) is 0 Å². The van der Waals surface area contributed by atoms with Crippen LogP contribution in [0, 0.1) is 0 Å². The van der Waals surface area contributed by atoms with E-state index in [1.165, 1.54) is 0 Å². The summed E-state index contributed by atoms with van der Waals surface area (Å²) in [5, 5.41) is 0.115. The summed E-state index contributed by atoms with van der Waals surface area (Å²) in [4.78, 5) is 0. The lowest BCUT2D eigenvalue weighted by Gasteiger charge is -2.16. The lowest BCUT2D eigenvalue weighted by atomic mass is 10.0. The van der Waals surface area contributed by atoms with Crippen molar-refractivity contribution in [3.05, 3.63) is 188 Å². The van der Waals surface area contributed by atoms with E-state index in [1.807, 2.05) is 36.4 Å². The van der Waals surface area contributed by atoms with Crippen LogP contribution >= 0.6 is 0 Å². The van der Waals surface area contributed by atoms with E-state index in [4.69, 9.17) is 13.7 Å². The molecule has 0 spiro atoms. The number of fused-ring (bicyclic) bond motifs is 9. The van der Waals surface area contributed by atoms with Crippen molar-refractivity contribution in [1.29, 1.82) is 0 Å². The maximum Gasteiger partial charge on any atom is 0.0667 e. The van der Waals surface area contributed by atoms with Crippen LogP contribution in [0.4, 0.5) is 0 Å². The lowest BCUT2D eigenvalue weighted by molar-refractivity contribution is 1.13. The van der Waals surface area contributed by atoms with Crippen LogP contribution in [-0.4, -0.2) is 13.7 Å². The van der Waals surface area contributed by atoms with Crippen LogP contribution in [0.2, 0.25) is 0 Å². The standard InChI is InChI=1S/C48H31N3/c1-2-14-32(15-3-1)33-28-35(50-45-23-11-6-18-39(45)40-19-7-12-24-46(40)50)30-36(29-33)51-47-25-13-8-20-41(47)42-31-34(26-27-48(42)51)49-43-21-9-4-16-37(43)38-17-5-10-22-44(38)49/h1-31H/i4D,5D,8D,9D,10D,13D,16D,17D,20D,21D,22D,25D,26D,27D,28D,29D,30D,31D. The molecule has 0 radical (unpaired) electrons. The highest BCUT2D eigenvalue weighted by atomic mass is 15.0. The van der Waals surface area contributed by atoms with E-state index in [0.717, 1.165) is 19.9 Å². The molecule has 3 aromatic heterocycles. The summed E-state index contributed by atoms with van der Waals surface area (Å²) in [5.41, 5.74) is -1.06. The summed E-state index contributed by atoms with van der Waals surface area (Å²) in [7, 11) is 0. The lowest BCUT2D eigenvalue weighted by Crippen LogP contribution is -2.00. The third-order valence-electron chi connectivity index (χ3n) is 9.21. The fraction of sp³-hybridized carbons (Fsp3) is 0. The van der Waals surface area contributed by atoms with E-state index in [2.05, 4.69) is 0 Å². The number of benzene rings is 8. The highest BCUT2D eigenvalue weighted by Crippen LogP contribution is 2.39. The molecular weight excluding hydrogens is 619 g/mol. The summed E-state index contributed by atoms with van der Waals surface area (Å²) in [5.74, 6) is 0. The molecule has 0 N–H and O–H groups in total. The number of hydrogen-bond donors (Lipinski definition) is 0. The smallest absolute Gasteiger partial charge is 0.0667 e. The first kappa shape index (κ1) is 15.8. The van der Waals surface area contributed by atoms with Gasteiger partial charge in [-0.25, -0.2) is 0 Å². The van der Waals surface area contributed by atoms with Gasteiger partial charge in [0.25, 0.3) is 0 Å². The summed E-state index contributed by atoms with van der Waals surface area (Å²) in [6, 6.07) is 11.1. The van der Waals surface area contributed by atoms with Crippen molar-refractivity contribution in [3.63, 3.8) is 0 Å². The first-order chi connectivity index (χ1) is 32.8. The topological polar surface area (TPSA) is 14.8 Å². The zero-order chi connectivity index (χ0) is 49.1. The molecule has 11 aromatic rings. The molecule has 238 valence electrons. The summed E-state index contributed by atoms with van der Waals surface area (Å²) in [6.07, 6.45) is 0. The molecule has 0 amide bonds. The van der Waals surface area contributed by atoms with Crippen LogP contribution < -0.4 is 0 Å². The second-order valence-electron chi connectivity index (χ2n) is 12.0. The van der Waals surface area contributed by atoms with E-state index in [0.29, 0.717) is 16.6 Å². The molecule has 0 aliphatic heterocycles. The Balaban J connectivity index is 1.40. The Morgan fingerprint density at radius 2 is 0.745 bits per heavy atom. The summed E-state index contributed by atoms with van der Waals surface area (Å²) >= 11 is 0. The van der Waals surface area contributed by atoms with E-state index in [-0.39, 0.29) is 44.7 Å². The van der Waals surface area contributed by atoms with E-state index >= 15 is 0 Å². The fourth-order valence-electron chi connectivity index (χ4n) is 7.06. The average Bonchev–Trinajstić information content (AvgIpc) is 4.00. The monoisotopic (exact) mass is 667 g/mol. The summed E-state index contributed by atoms with van der Waals surface area (Å²) in [6.45, 7) is 0. The van der Waals surface area contributed by atoms with E-state index < -0.39 is 130 Å². The Kier molecular flexibility index (Phi) is 3.36. The highest BCUT2D eigenvalue weighted by Gasteiger charge is 2.19. The molecule has 3 nitrogen and oxygen atoms in total. The zero-order valence-corrected chi connectivity index (χ0v) is 26.3. The van der Waals surface area contributed by atoms with Gasteiger partial charge < -0.3 is 13.7 Å². The first-order valence-corrected chi connectivity index (χ1v) is 16.1. The normalized spacial score (nSPS) is 16.9. The average molecular weight is 668 g/mol. The zero-order valence-electron chi connectivity index (χ0n) is 44.3. The van der Waals surface area contributed by atoms with Crippen molar-refractivity contribution in [3.8, 4) is 28.2 Å². The minimum Gasteiger partial charge on any atom is -0.309 e. The van der Waals surface area contributed by atoms with Crippen LogP contribution in [0.25, 0.3) is 93.6 Å². The minimum atomic E-state index is -0.827. The van der Waals surface area contributed by atoms with E-state index in [1.54, 1.807) is 47.0 Å². The molecule has 0 aliphatic rings. The molecule has 0 unspecified atom stereocenters. The molecule has 0 saturated carbocycles. The van der Waals surface area contributed by atoms with Gasteiger partial charge in [0.05, 0.1) is 57.8 Å². The molecule has 0 fully saturated rings. The molecule has 51 heavy (non-hydrogen) atoms. The Morgan fingerprint density at radius 1 is 0.294 bits per heavy atom. The van der Waals surface area contributed by atoms with Gasteiger partial charge in [-0.1, -0.05) is 121 Å². The van der Waals surface area contributed by atoms with Gasteiger partial charge in [0.2, 0.25) is 0 Å². The fourth-order valence-corrected chi connectivity index (χ4v) is 7.06. The van der Waals surface area contributed by atoms with Gasteiger partial charge in [-0.15, -0.1) is 0 Å². The number of para-hydroxylation sites is 5. The molecule has 3 heterocycles. The van der Waals surface area contributed by atoms with Crippen molar-refractivity contribution in [2.45, 2.75) is 0 Å². The quantitative estimate of drug-likeness (QED) is 0.177. The maximum absolute atomic E-state index is 10.2. The van der Waals surface area contributed by atoms with Gasteiger partial charge in [0.1, 0.15) is 0 Å². The van der Waals surface area contributed by atoms with Gasteiger partial charge in [-0.3, -0.25) is 0 Å². The second-order valence-corrected chi connectivity index (χ2v) is 12.0. The molecule has 11 rings (SSSR count). The van der Waals surface area contributed by atoms with Gasteiger partial charge in [0.15, 0.2) is 0 Å². The Labute approximate surface area is 319 Å². The van der Waals surface area contributed by atoms with Crippen molar-refractivity contribution >= 4 is 65.4 Å². The molecule has 0 bridgehead atoms. The molecule has 3 heteroatoms. The molecule has 0 saturated heterocycles. The number of aromatic nitrogens is 3. The maximum atomic E-state index is 10.2. The third kappa shape index (κ3) is 4.12. The van der Waals surface area contributed by atoms with Gasteiger partial charge in [-0.05, 0) is 77.6 Å². The van der Waals surface area contributed by atoms with Crippen LogP contribution in [0.5, 0.6) is 0 Å². The van der Waals surface area contributed by atoms with Crippen LogP contribution in [0.15, 0.2) is 188 Å². The highest BCUT2D eigenvalue weighted by molar-refractivity contribution is 6.13. The van der Waals surface area contributed by atoms with Gasteiger partial charge >= 0.3 is 0 Å². The number of hydrogen-bond acceptors (Lipinski definition) is 0. The van der Waals surface area contributed by atoms with Gasteiger partial charge in [0, 0.05) is 49.4 Å². The second kappa shape index (κ2) is 10.8.